The van der Waals surface area contributed by atoms with Crippen molar-refractivity contribution in [2.45, 2.75) is 32.2 Å². The molecule has 4 heteroatoms. The van der Waals surface area contributed by atoms with Crippen LogP contribution in [0.25, 0.3) is 0 Å². The maximum Gasteiger partial charge on any atom is 0.119 e. The van der Waals surface area contributed by atoms with E-state index in [0.29, 0.717) is 0 Å². The Bertz CT molecular complexity index is 292. The van der Waals surface area contributed by atoms with Gasteiger partial charge in [-0.2, -0.15) is 12.6 Å². The Hall–Kier alpha value is -0.380. The molecule has 2 N–H and O–H groups in total. The molecule has 0 aliphatic rings. The lowest BCUT2D eigenvalue weighted by Crippen LogP contribution is -2.21. The van der Waals surface area contributed by atoms with Gasteiger partial charge >= 0.3 is 0 Å². The van der Waals surface area contributed by atoms with Crippen molar-refractivity contribution in [2.24, 2.45) is 5.73 Å². The maximum absolute atomic E-state index is 5.77. The Labute approximate surface area is 116 Å². The van der Waals surface area contributed by atoms with Gasteiger partial charge in [-0.05, 0) is 38.3 Å². The number of thiol groups is 1. The van der Waals surface area contributed by atoms with E-state index in [-0.39, 0.29) is 18.4 Å². The maximum atomic E-state index is 5.77. The van der Waals surface area contributed by atoms with E-state index in [0.717, 1.165) is 37.4 Å². The predicted octanol–water partition coefficient (Wildman–Crippen LogP) is 3.22. The van der Waals surface area contributed by atoms with E-state index >= 15 is 0 Å². The topological polar surface area (TPSA) is 35.2 Å². The molecule has 0 saturated heterocycles. The van der Waals surface area contributed by atoms with Gasteiger partial charge < -0.3 is 10.5 Å². The van der Waals surface area contributed by atoms with E-state index in [1.165, 1.54) is 5.56 Å². The summed E-state index contributed by atoms with van der Waals surface area (Å²) in [7, 11) is 0. The summed E-state index contributed by atoms with van der Waals surface area (Å²) in [6.45, 7) is 2.84. The number of unbranched alkanes of at least 4 members (excludes halogenated alkanes) is 1. The van der Waals surface area contributed by atoms with Crippen LogP contribution >= 0.6 is 25.0 Å². The van der Waals surface area contributed by atoms with Gasteiger partial charge in [-0.15, -0.1) is 12.4 Å². The monoisotopic (exact) mass is 275 g/mol. The first kappa shape index (κ1) is 16.6. The van der Waals surface area contributed by atoms with Crippen molar-refractivity contribution in [1.82, 2.24) is 0 Å². The average molecular weight is 276 g/mol. The summed E-state index contributed by atoms with van der Waals surface area (Å²) in [6, 6.07) is 8.37. The predicted molar refractivity (Wildman–Crippen MR) is 79.6 cm³/mol. The fraction of sp³-hybridized carbons (Fsp3) is 0.538. The molecule has 1 aromatic carbocycles. The molecule has 0 fully saturated rings. The largest absolute Gasteiger partial charge is 0.494 e. The number of hydrogen-bond donors (Lipinski definition) is 2. The summed E-state index contributed by atoms with van der Waals surface area (Å²) < 4.78 is 5.62. The fourth-order valence-electron chi connectivity index (χ4n) is 1.42. The zero-order chi connectivity index (χ0) is 11.8. The standard InChI is InChI=1S/C13H21NOS.ClH/c1-11-5-7-13(8-6-11)15-9-3-2-4-12(14)10-16;/h5-8,12,16H,2-4,9-10,14H2,1H3;1H/t12-;/m1./s1. The normalized spacial score (nSPS) is 11.7. The minimum Gasteiger partial charge on any atom is -0.494 e. The molecule has 0 aliphatic heterocycles. The van der Waals surface area contributed by atoms with Gasteiger partial charge in [0, 0.05) is 11.8 Å². The van der Waals surface area contributed by atoms with E-state index in [4.69, 9.17) is 10.5 Å². The molecule has 0 radical (unpaired) electrons. The zero-order valence-corrected chi connectivity index (χ0v) is 12.0. The molecule has 1 aromatic rings. The van der Waals surface area contributed by atoms with Gasteiger partial charge in [0.15, 0.2) is 0 Å². The second-order valence-electron chi connectivity index (χ2n) is 4.10. The average Bonchev–Trinajstić information content (AvgIpc) is 2.31. The van der Waals surface area contributed by atoms with Crippen LogP contribution in [0.1, 0.15) is 24.8 Å². The minimum atomic E-state index is 0. The molecule has 0 heterocycles. The van der Waals surface area contributed by atoms with Crippen molar-refractivity contribution < 1.29 is 4.74 Å². The molecule has 17 heavy (non-hydrogen) atoms. The van der Waals surface area contributed by atoms with E-state index in [2.05, 4.69) is 31.7 Å². The lowest BCUT2D eigenvalue weighted by Gasteiger charge is -2.09. The highest BCUT2D eigenvalue weighted by Gasteiger charge is 1.99. The number of ether oxygens (including phenoxy) is 1. The molecule has 98 valence electrons. The van der Waals surface area contributed by atoms with Crippen molar-refractivity contribution in [1.29, 1.82) is 0 Å². The summed E-state index contributed by atoms with van der Waals surface area (Å²) >= 11 is 4.15. The van der Waals surface area contributed by atoms with Crippen LogP contribution in [0, 0.1) is 6.92 Å². The second-order valence-corrected chi connectivity index (χ2v) is 4.47. The number of aryl methyl sites for hydroxylation is 1. The van der Waals surface area contributed by atoms with E-state index < -0.39 is 0 Å². The molecule has 0 amide bonds. The minimum absolute atomic E-state index is 0. The molecule has 0 bridgehead atoms. The molecule has 2 nitrogen and oxygen atoms in total. The molecule has 1 rings (SSSR count). The Morgan fingerprint density at radius 2 is 1.88 bits per heavy atom. The van der Waals surface area contributed by atoms with Gasteiger partial charge in [0.25, 0.3) is 0 Å². The van der Waals surface area contributed by atoms with Gasteiger partial charge in [-0.25, -0.2) is 0 Å². The van der Waals surface area contributed by atoms with E-state index in [1.807, 2.05) is 12.1 Å². The molecule has 1 atom stereocenters. The van der Waals surface area contributed by atoms with Crippen LogP contribution in [0.15, 0.2) is 24.3 Å². The first-order valence-electron chi connectivity index (χ1n) is 5.78. The third kappa shape index (κ3) is 7.53. The van der Waals surface area contributed by atoms with Crippen molar-refractivity contribution in [2.75, 3.05) is 12.4 Å². The number of benzene rings is 1. The van der Waals surface area contributed by atoms with Crippen LogP contribution in [-0.4, -0.2) is 18.4 Å². The smallest absolute Gasteiger partial charge is 0.119 e. The first-order chi connectivity index (χ1) is 7.72. The summed E-state index contributed by atoms with van der Waals surface area (Å²) in [5.41, 5.74) is 7.02. The second kappa shape index (κ2) is 9.63. The van der Waals surface area contributed by atoms with Gasteiger partial charge in [0.1, 0.15) is 5.75 Å². The molecular formula is C13H22ClNOS. The lowest BCUT2D eigenvalue weighted by atomic mass is 10.1. The summed E-state index contributed by atoms with van der Waals surface area (Å²) in [5, 5.41) is 0. The number of hydrogen-bond acceptors (Lipinski definition) is 3. The van der Waals surface area contributed by atoms with Crippen LogP contribution in [0.3, 0.4) is 0 Å². The summed E-state index contributed by atoms with van der Waals surface area (Å²) in [6.07, 6.45) is 3.18. The highest BCUT2D eigenvalue weighted by Crippen LogP contribution is 2.12. The molecule has 0 aliphatic carbocycles. The number of nitrogens with two attached hydrogens (primary N) is 1. The Balaban J connectivity index is 0.00000256. The van der Waals surface area contributed by atoms with E-state index in [1.54, 1.807) is 0 Å². The van der Waals surface area contributed by atoms with Gasteiger partial charge in [-0.3, -0.25) is 0 Å². The zero-order valence-electron chi connectivity index (χ0n) is 10.3. The first-order valence-corrected chi connectivity index (χ1v) is 6.41. The fourth-order valence-corrected chi connectivity index (χ4v) is 1.61. The van der Waals surface area contributed by atoms with Gasteiger partial charge in [-0.1, -0.05) is 17.7 Å². The van der Waals surface area contributed by atoms with Crippen molar-refractivity contribution in [3.05, 3.63) is 29.8 Å². The van der Waals surface area contributed by atoms with Crippen molar-refractivity contribution in [3.63, 3.8) is 0 Å². The number of rotatable bonds is 7. The van der Waals surface area contributed by atoms with Gasteiger partial charge in [0.2, 0.25) is 0 Å². The Morgan fingerprint density at radius 1 is 1.24 bits per heavy atom. The lowest BCUT2D eigenvalue weighted by molar-refractivity contribution is 0.304. The van der Waals surface area contributed by atoms with Gasteiger partial charge in [0.05, 0.1) is 6.61 Å². The van der Waals surface area contributed by atoms with Crippen LogP contribution < -0.4 is 10.5 Å². The molecule has 0 saturated carbocycles. The van der Waals surface area contributed by atoms with Crippen LogP contribution in [0.2, 0.25) is 0 Å². The van der Waals surface area contributed by atoms with Crippen LogP contribution in [0.5, 0.6) is 5.75 Å². The highest BCUT2D eigenvalue weighted by molar-refractivity contribution is 7.80. The molecule has 0 unspecified atom stereocenters. The molecule has 0 aromatic heterocycles. The third-order valence-electron chi connectivity index (χ3n) is 2.49. The highest BCUT2D eigenvalue weighted by atomic mass is 35.5. The molecular weight excluding hydrogens is 254 g/mol. The SMILES string of the molecule is Cc1ccc(OCCCC[C@@H](N)CS)cc1.Cl. The quantitative estimate of drug-likeness (QED) is 0.592. The third-order valence-corrected chi connectivity index (χ3v) is 2.96. The summed E-state index contributed by atoms with van der Waals surface area (Å²) in [4.78, 5) is 0. The van der Waals surface area contributed by atoms with E-state index in [9.17, 15) is 0 Å². The molecule has 0 spiro atoms. The van der Waals surface area contributed by atoms with Crippen LogP contribution in [-0.2, 0) is 0 Å². The Kier molecular flexibility index (Phi) is 9.41. The van der Waals surface area contributed by atoms with Crippen molar-refractivity contribution >= 4 is 25.0 Å². The Morgan fingerprint density at radius 3 is 2.47 bits per heavy atom. The van der Waals surface area contributed by atoms with Crippen molar-refractivity contribution in [3.8, 4) is 5.75 Å². The summed E-state index contributed by atoms with van der Waals surface area (Å²) in [5.74, 6) is 1.71. The van der Waals surface area contributed by atoms with Crippen LogP contribution in [0.4, 0.5) is 0 Å². The number of halogens is 1.